The van der Waals surface area contributed by atoms with Crippen LogP contribution >= 0.6 is 22.6 Å². The molecule has 3 N–H and O–H groups in total. The van der Waals surface area contributed by atoms with Crippen molar-refractivity contribution in [3.8, 4) is 5.88 Å². The second-order valence-electron chi connectivity index (χ2n) is 3.80. The van der Waals surface area contributed by atoms with Gasteiger partial charge in [0.1, 0.15) is 0 Å². The van der Waals surface area contributed by atoms with Gasteiger partial charge in [-0.3, -0.25) is 0 Å². The van der Waals surface area contributed by atoms with E-state index < -0.39 is 0 Å². The Balaban J connectivity index is 2.06. The Labute approximate surface area is 120 Å². The van der Waals surface area contributed by atoms with Gasteiger partial charge in [0.2, 0.25) is 5.88 Å². The third kappa shape index (κ3) is 3.25. The summed E-state index contributed by atoms with van der Waals surface area (Å²) in [6, 6.07) is 9.68. The predicted octanol–water partition coefficient (Wildman–Crippen LogP) is 2.89. The van der Waals surface area contributed by atoms with Crippen LogP contribution in [0.3, 0.4) is 0 Å². The molecule has 4 nitrogen and oxygen atoms in total. The number of nitrogens with one attached hydrogen (secondary N) is 1. The van der Waals surface area contributed by atoms with Gasteiger partial charge in [-0.2, -0.15) is 0 Å². The van der Waals surface area contributed by atoms with E-state index >= 15 is 0 Å². The lowest BCUT2D eigenvalue weighted by Crippen LogP contribution is -2.02. The Morgan fingerprint density at radius 2 is 2.17 bits per heavy atom. The van der Waals surface area contributed by atoms with E-state index in [0.29, 0.717) is 5.88 Å². The lowest BCUT2D eigenvalue weighted by Gasteiger charge is -2.09. The fraction of sp³-hybridized carbons (Fsp3) is 0.154. The monoisotopic (exact) mass is 355 g/mol. The van der Waals surface area contributed by atoms with Crippen LogP contribution in [0, 0.1) is 3.57 Å². The molecule has 0 aliphatic heterocycles. The molecule has 5 heteroatoms. The first kappa shape index (κ1) is 12.9. The Morgan fingerprint density at radius 3 is 2.89 bits per heavy atom. The molecule has 2 rings (SSSR count). The third-order valence-electron chi connectivity index (χ3n) is 2.48. The molecular weight excluding hydrogens is 341 g/mol. The van der Waals surface area contributed by atoms with E-state index in [4.69, 9.17) is 10.5 Å². The molecule has 0 aliphatic carbocycles. The Bertz CT molecular complexity index is 546. The molecule has 0 spiro atoms. The van der Waals surface area contributed by atoms with Gasteiger partial charge in [-0.15, -0.1) is 0 Å². The lowest BCUT2D eigenvalue weighted by molar-refractivity contribution is 0.397. The fourth-order valence-corrected chi connectivity index (χ4v) is 2.27. The SMILES string of the molecule is COc1cc(CNc2ccc(N)cc2I)ccn1. The van der Waals surface area contributed by atoms with Crippen molar-refractivity contribution in [2.24, 2.45) is 0 Å². The van der Waals surface area contributed by atoms with Crippen LogP contribution in [0.25, 0.3) is 0 Å². The highest BCUT2D eigenvalue weighted by atomic mass is 127. The third-order valence-corrected chi connectivity index (χ3v) is 3.38. The van der Waals surface area contributed by atoms with Gasteiger partial charge in [-0.25, -0.2) is 4.98 Å². The van der Waals surface area contributed by atoms with Crippen LogP contribution in [0.1, 0.15) is 5.56 Å². The minimum atomic E-state index is 0.626. The molecule has 1 aromatic carbocycles. The zero-order valence-electron chi connectivity index (χ0n) is 9.98. The van der Waals surface area contributed by atoms with Gasteiger partial charge in [0.15, 0.2) is 0 Å². The van der Waals surface area contributed by atoms with Crippen LogP contribution < -0.4 is 15.8 Å². The van der Waals surface area contributed by atoms with Crippen molar-refractivity contribution in [2.75, 3.05) is 18.2 Å². The van der Waals surface area contributed by atoms with Crippen LogP contribution in [0.15, 0.2) is 36.5 Å². The van der Waals surface area contributed by atoms with E-state index in [2.05, 4.69) is 32.9 Å². The lowest BCUT2D eigenvalue weighted by atomic mass is 10.2. The Morgan fingerprint density at radius 1 is 1.33 bits per heavy atom. The smallest absolute Gasteiger partial charge is 0.213 e. The molecule has 0 saturated carbocycles. The number of aromatic nitrogens is 1. The van der Waals surface area contributed by atoms with Crippen molar-refractivity contribution in [1.82, 2.24) is 4.98 Å². The topological polar surface area (TPSA) is 60.2 Å². The van der Waals surface area contributed by atoms with Crippen molar-refractivity contribution in [3.63, 3.8) is 0 Å². The maximum Gasteiger partial charge on any atom is 0.213 e. The molecule has 0 unspecified atom stereocenters. The molecule has 0 bridgehead atoms. The van der Waals surface area contributed by atoms with Gasteiger partial charge < -0.3 is 15.8 Å². The van der Waals surface area contributed by atoms with Gasteiger partial charge >= 0.3 is 0 Å². The molecule has 0 saturated heterocycles. The molecule has 1 heterocycles. The minimum Gasteiger partial charge on any atom is -0.481 e. The number of hydrogen-bond donors (Lipinski definition) is 2. The van der Waals surface area contributed by atoms with E-state index in [1.165, 1.54) is 0 Å². The van der Waals surface area contributed by atoms with E-state index in [-0.39, 0.29) is 0 Å². The molecule has 18 heavy (non-hydrogen) atoms. The summed E-state index contributed by atoms with van der Waals surface area (Å²) >= 11 is 2.26. The number of anilines is 2. The number of methoxy groups -OCH3 is 1. The van der Waals surface area contributed by atoms with E-state index in [1.807, 2.05) is 30.3 Å². The molecule has 2 aromatic rings. The molecule has 0 atom stereocenters. The van der Waals surface area contributed by atoms with Gasteiger partial charge in [0.25, 0.3) is 0 Å². The summed E-state index contributed by atoms with van der Waals surface area (Å²) in [5.41, 5.74) is 8.68. The summed E-state index contributed by atoms with van der Waals surface area (Å²) in [4.78, 5) is 4.07. The average Bonchev–Trinajstić information content (AvgIpc) is 2.38. The molecule has 0 fully saturated rings. The number of halogens is 1. The quantitative estimate of drug-likeness (QED) is 0.654. The maximum atomic E-state index is 5.72. The first-order chi connectivity index (χ1) is 8.69. The first-order valence-electron chi connectivity index (χ1n) is 5.47. The van der Waals surface area contributed by atoms with Crippen molar-refractivity contribution in [2.45, 2.75) is 6.54 Å². The van der Waals surface area contributed by atoms with E-state index in [9.17, 15) is 0 Å². The van der Waals surface area contributed by atoms with Gasteiger partial charge in [-0.1, -0.05) is 0 Å². The summed E-state index contributed by atoms with van der Waals surface area (Å²) < 4.78 is 6.19. The Hall–Kier alpha value is -1.50. The second-order valence-corrected chi connectivity index (χ2v) is 4.96. The van der Waals surface area contributed by atoms with Crippen LogP contribution in [0.2, 0.25) is 0 Å². The van der Waals surface area contributed by atoms with Crippen LogP contribution in [0.4, 0.5) is 11.4 Å². The summed E-state index contributed by atoms with van der Waals surface area (Å²) in [6.45, 7) is 0.721. The molecule has 94 valence electrons. The summed E-state index contributed by atoms with van der Waals surface area (Å²) in [5, 5.41) is 3.36. The van der Waals surface area contributed by atoms with Crippen LogP contribution in [0.5, 0.6) is 5.88 Å². The molecule has 1 aromatic heterocycles. The van der Waals surface area contributed by atoms with E-state index in [0.717, 1.165) is 27.1 Å². The van der Waals surface area contributed by atoms with Gasteiger partial charge in [0.05, 0.1) is 7.11 Å². The number of nitrogens with two attached hydrogens (primary N) is 1. The number of ether oxygens (including phenoxy) is 1. The second kappa shape index (κ2) is 5.90. The van der Waals surface area contributed by atoms with Crippen molar-refractivity contribution in [3.05, 3.63) is 45.7 Å². The Kier molecular flexibility index (Phi) is 4.24. The minimum absolute atomic E-state index is 0.626. The summed E-state index contributed by atoms with van der Waals surface area (Å²) in [5.74, 6) is 0.626. The normalized spacial score (nSPS) is 10.1. The number of pyridine rings is 1. The molecular formula is C13H14IN3O. The van der Waals surface area contributed by atoms with Crippen LogP contribution in [-0.2, 0) is 6.54 Å². The van der Waals surface area contributed by atoms with E-state index in [1.54, 1.807) is 13.3 Å². The van der Waals surface area contributed by atoms with Crippen molar-refractivity contribution >= 4 is 34.0 Å². The van der Waals surface area contributed by atoms with Gasteiger partial charge in [0, 0.05) is 33.8 Å². The van der Waals surface area contributed by atoms with Crippen molar-refractivity contribution < 1.29 is 4.74 Å². The van der Waals surface area contributed by atoms with Gasteiger partial charge in [-0.05, 0) is 52.4 Å². The number of nitrogen functional groups attached to an aromatic ring is 1. The summed E-state index contributed by atoms with van der Waals surface area (Å²) in [7, 11) is 1.61. The average molecular weight is 355 g/mol. The zero-order valence-corrected chi connectivity index (χ0v) is 12.1. The highest BCUT2D eigenvalue weighted by molar-refractivity contribution is 14.1. The maximum absolute atomic E-state index is 5.72. The molecule has 0 aliphatic rings. The number of nitrogens with zero attached hydrogens (tertiary/aromatic N) is 1. The van der Waals surface area contributed by atoms with Crippen LogP contribution in [-0.4, -0.2) is 12.1 Å². The number of rotatable bonds is 4. The zero-order chi connectivity index (χ0) is 13.0. The predicted molar refractivity (Wildman–Crippen MR) is 81.7 cm³/mol. The van der Waals surface area contributed by atoms with Crippen molar-refractivity contribution in [1.29, 1.82) is 0 Å². The largest absolute Gasteiger partial charge is 0.481 e. The number of hydrogen-bond acceptors (Lipinski definition) is 4. The summed E-state index contributed by atoms with van der Waals surface area (Å²) in [6.07, 6.45) is 1.74. The molecule has 0 radical (unpaired) electrons. The fourth-order valence-electron chi connectivity index (χ4n) is 1.54. The highest BCUT2D eigenvalue weighted by Gasteiger charge is 2.01. The standard InChI is InChI=1S/C13H14IN3O/c1-18-13-6-9(4-5-16-13)8-17-12-3-2-10(15)7-11(12)14/h2-7,17H,8,15H2,1H3. The first-order valence-corrected chi connectivity index (χ1v) is 6.55. The highest BCUT2D eigenvalue weighted by Crippen LogP contribution is 2.21. The molecule has 0 amide bonds. The number of benzene rings is 1.